The highest BCUT2D eigenvalue weighted by molar-refractivity contribution is 9.10. The van der Waals surface area contributed by atoms with Gasteiger partial charge in [0, 0.05) is 11.8 Å². The lowest BCUT2D eigenvalue weighted by Crippen LogP contribution is -2.03. The highest BCUT2D eigenvalue weighted by Gasteiger charge is 2.13. The Kier molecular flexibility index (Phi) is 4.27. The second-order valence-corrected chi connectivity index (χ2v) is 5.06. The van der Waals surface area contributed by atoms with E-state index in [0.29, 0.717) is 10.7 Å². The quantitative estimate of drug-likeness (QED) is 0.653. The lowest BCUT2D eigenvalue weighted by atomic mass is 10.2. The first kappa shape index (κ1) is 14.1. The molecular formula is C13H9BrClF2NO. The predicted octanol–water partition coefficient (Wildman–Crippen LogP) is 4.54. The molecule has 0 saturated carbocycles. The molecule has 0 amide bonds. The Morgan fingerprint density at radius 2 is 1.95 bits per heavy atom. The lowest BCUT2D eigenvalue weighted by Gasteiger charge is -2.10. The van der Waals surface area contributed by atoms with Crippen LogP contribution in [-0.2, 0) is 6.61 Å². The molecule has 0 unspecified atom stereocenters. The molecule has 0 aliphatic heterocycles. The zero-order valence-corrected chi connectivity index (χ0v) is 11.9. The molecule has 0 radical (unpaired) electrons. The molecule has 0 aromatic heterocycles. The molecule has 100 valence electrons. The minimum absolute atomic E-state index is 0.172. The van der Waals surface area contributed by atoms with Crippen molar-refractivity contribution in [3.8, 4) is 5.75 Å². The van der Waals surface area contributed by atoms with Crippen LogP contribution in [0.4, 0.5) is 14.5 Å². The van der Waals surface area contributed by atoms with Crippen LogP contribution in [0.25, 0.3) is 0 Å². The molecule has 0 saturated heterocycles. The van der Waals surface area contributed by atoms with E-state index < -0.39 is 11.6 Å². The number of nitrogen functional groups attached to an aromatic ring is 1. The van der Waals surface area contributed by atoms with Crippen LogP contribution in [0, 0.1) is 11.6 Å². The number of ether oxygens (including phenoxy) is 1. The van der Waals surface area contributed by atoms with Crippen LogP contribution >= 0.6 is 27.5 Å². The maximum Gasteiger partial charge on any atom is 0.146 e. The summed E-state index contributed by atoms with van der Waals surface area (Å²) in [5.74, 6) is -1.10. The molecule has 2 N–H and O–H groups in total. The van der Waals surface area contributed by atoms with Gasteiger partial charge < -0.3 is 10.5 Å². The Balaban J connectivity index is 2.24. The molecule has 2 nitrogen and oxygen atoms in total. The fourth-order valence-corrected chi connectivity index (χ4v) is 2.03. The summed E-state index contributed by atoms with van der Waals surface area (Å²) in [6.07, 6.45) is 0. The number of hydrogen-bond acceptors (Lipinski definition) is 2. The maximum atomic E-state index is 13.7. The highest BCUT2D eigenvalue weighted by atomic mass is 79.9. The van der Waals surface area contributed by atoms with Crippen molar-refractivity contribution < 1.29 is 13.5 Å². The largest absolute Gasteiger partial charge is 0.487 e. The first-order valence-electron chi connectivity index (χ1n) is 5.29. The van der Waals surface area contributed by atoms with Crippen molar-refractivity contribution in [2.45, 2.75) is 6.61 Å². The van der Waals surface area contributed by atoms with E-state index in [0.717, 1.165) is 6.07 Å². The topological polar surface area (TPSA) is 35.2 Å². The third kappa shape index (κ3) is 3.16. The van der Waals surface area contributed by atoms with E-state index in [9.17, 15) is 8.78 Å². The van der Waals surface area contributed by atoms with Crippen LogP contribution in [0.2, 0.25) is 5.02 Å². The summed E-state index contributed by atoms with van der Waals surface area (Å²) < 4.78 is 32.7. The van der Waals surface area contributed by atoms with Crippen LogP contribution in [0.5, 0.6) is 5.75 Å². The van der Waals surface area contributed by atoms with E-state index in [1.165, 1.54) is 12.1 Å². The first-order chi connectivity index (χ1) is 8.99. The van der Waals surface area contributed by atoms with E-state index in [2.05, 4.69) is 15.9 Å². The van der Waals surface area contributed by atoms with Crippen molar-refractivity contribution in [2.24, 2.45) is 0 Å². The van der Waals surface area contributed by atoms with Gasteiger partial charge in [-0.05, 0) is 40.2 Å². The van der Waals surface area contributed by atoms with E-state index >= 15 is 0 Å². The van der Waals surface area contributed by atoms with Crippen molar-refractivity contribution in [3.05, 3.63) is 57.0 Å². The maximum absolute atomic E-state index is 13.7. The summed E-state index contributed by atoms with van der Waals surface area (Å²) in [5.41, 5.74) is 5.87. The van der Waals surface area contributed by atoms with Gasteiger partial charge in [0.25, 0.3) is 0 Å². The Bertz CT molecular complexity index is 622. The number of benzene rings is 2. The molecule has 0 aliphatic carbocycles. The first-order valence-corrected chi connectivity index (χ1v) is 6.46. The van der Waals surface area contributed by atoms with Gasteiger partial charge in [-0.2, -0.15) is 0 Å². The average molecular weight is 349 g/mol. The minimum atomic E-state index is -0.694. The molecule has 0 bridgehead atoms. The van der Waals surface area contributed by atoms with Crippen molar-refractivity contribution >= 4 is 33.2 Å². The number of nitrogens with two attached hydrogens (primary N) is 1. The molecule has 0 fully saturated rings. The zero-order chi connectivity index (χ0) is 14.0. The molecule has 0 aliphatic rings. The van der Waals surface area contributed by atoms with Gasteiger partial charge >= 0.3 is 0 Å². The molecule has 0 atom stereocenters. The fourth-order valence-electron chi connectivity index (χ4n) is 1.48. The summed E-state index contributed by atoms with van der Waals surface area (Å²) in [6, 6.07) is 7.11. The third-order valence-corrected chi connectivity index (χ3v) is 3.39. The number of rotatable bonds is 3. The molecule has 0 heterocycles. The SMILES string of the molecule is Nc1ccc(Cl)c(OCc2c(F)ccc(Br)c2F)c1. The van der Waals surface area contributed by atoms with Gasteiger partial charge in [-0.1, -0.05) is 11.6 Å². The van der Waals surface area contributed by atoms with Crippen LogP contribution in [-0.4, -0.2) is 0 Å². The van der Waals surface area contributed by atoms with Gasteiger partial charge in [0.05, 0.1) is 15.1 Å². The van der Waals surface area contributed by atoms with Gasteiger partial charge in [-0.25, -0.2) is 8.78 Å². The Labute approximate surface area is 122 Å². The minimum Gasteiger partial charge on any atom is -0.487 e. The summed E-state index contributed by atoms with van der Waals surface area (Å²) >= 11 is 8.89. The Morgan fingerprint density at radius 3 is 2.68 bits per heavy atom. The van der Waals surface area contributed by atoms with Crippen molar-refractivity contribution in [3.63, 3.8) is 0 Å². The predicted molar refractivity (Wildman–Crippen MR) is 74.3 cm³/mol. The molecule has 2 rings (SSSR count). The van der Waals surface area contributed by atoms with Crippen LogP contribution in [0.3, 0.4) is 0 Å². The van der Waals surface area contributed by atoms with E-state index in [1.807, 2.05) is 0 Å². The van der Waals surface area contributed by atoms with E-state index in [4.69, 9.17) is 22.1 Å². The fraction of sp³-hybridized carbons (Fsp3) is 0.0769. The second kappa shape index (κ2) is 5.75. The third-order valence-electron chi connectivity index (χ3n) is 2.47. The molecule has 6 heteroatoms. The van der Waals surface area contributed by atoms with Gasteiger partial charge in [0.2, 0.25) is 0 Å². The molecule has 0 spiro atoms. The van der Waals surface area contributed by atoms with Gasteiger partial charge in [-0.15, -0.1) is 0 Å². The van der Waals surface area contributed by atoms with Gasteiger partial charge in [-0.3, -0.25) is 0 Å². The number of halogens is 4. The number of hydrogen-bond donors (Lipinski definition) is 1. The zero-order valence-electron chi connectivity index (χ0n) is 9.59. The lowest BCUT2D eigenvalue weighted by molar-refractivity contribution is 0.292. The number of anilines is 1. The molecular weight excluding hydrogens is 340 g/mol. The summed E-state index contributed by atoms with van der Waals surface area (Å²) in [6.45, 7) is -0.278. The second-order valence-electron chi connectivity index (χ2n) is 3.80. The highest BCUT2D eigenvalue weighted by Crippen LogP contribution is 2.29. The van der Waals surface area contributed by atoms with Crippen LogP contribution in [0.15, 0.2) is 34.8 Å². The smallest absolute Gasteiger partial charge is 0.146 e. The van der Waals surface area contributed by atoms with Gasteiger partial charge in [0.15, 0.2) is 0 Å². The van der Waals surface area contributed by atoms with Crippen molar-refractivity contribution in [2.75, 3.05) is 5.73 Å². The molecule has 2 aromatic rings. The summed E-state index contributed by atoms with van der Waals surface area (Å²) in [4.78, 5) is 0. The molecule has 2 aromatic carbocycles. The normalized spacial score (nSPS) is 10.5. The summed E-state index contributed by atoms with van der Waals surface area (Å²) in [7, 11) is 0. The van der Waals surface area contributed by atoms with Crippen LogP contribution < -0.4 is 10.5 Å². The average Bonchev–Trinajstić information content (AvgIpc) is 2.38. The summed E-state index contributed by atoms with van der Waals surface area (Å²) in [5, 5.41) is 0.324. The van der Waals surface area contributed by atoms with Crippen LogP contribution in [0.1, 0.15) is 5.56 Å². The van der Waals surface area contributed by atoms with E-state index in [-0.39, 0.29) is 22.4 Å². The monoisotopic (exact) mass is 347 g/mol. The van der Waals surface area contributed by atoms with Crippen molar-refractivity contribution in [1.29, 1.82) is 0 Å². The Hall–Kier alpha value is -1.33. The molecule has 19 heavy (non-hydrogen) atoms. The van der Waals surface area contributed by atoms with E-state index in [1.54, 1.807) is 12.1 Å². The Morgan fingerprint density at radius 1 is 1.21 bits per heavy atom. The standard InChI is InChI=1S/C13H9BrClF2NO/c14-9-2-4-11(16)8(13(9)17)6-19-12-5-7(18)1-3-10(12)15/h1-5H,6,18H2. The van der Waals surface area contributed by atoms with Gasteiger partial charge in [0.1, 0.15) is 24.0 Å². The van der Waals surface area contributed by atoms with Crippen molar-refractivity contribution in [1.82, 2.24) is 0 Å².